The van der Waals surface area contributed by atoms with E-state index in [1.807, 2.05) is 5.32 Å². The highest BCUT2D eigenvalue weighted by atomic mass is 19.4. The first-order valence-corrected chi connectivity index (χ1v) is 10.1. The Morgan fingerprint density at radius 3 is 2.21 bits per heavy atom. The van der Waals surface area contributed by atoms with Crippen molar-refractivity contribution in [1.29, 1.82) is 0 Å². The lowest BCUT2D eigenvalue weighted by Gasteiger charge is -2.22. The third-order valence-corrected chi connectivity index (χ3v) is 4.63. The highest BCUT2D eigenvalue weighted by Gasteiger charge is 2.44. The van der Waals surface area contributed by atoms with Gasteiger partial charge in [0.15, 0.2) is 0 Å². The molecule has 0 fully saturated rings. The molecule has 182 valence electrons. The summed E-state index contributed by atoms with van der Waals surface area (Å²) in [6.07, 6.45) is -3.96. The molecule has 2 aromatic rings. The highest BCUT2D eigenvalue weighted by Crippen LogP contribution is 2.21. The molecule has 3 N–H and O–H groups in total. The van der Waals surface area contributed by atoms with Crippen LogP contribution in [0.5, 0.6) is 0 Å². The van der Waals surface area contributed by atoms with E-state index in [0.29, 0.717) is 0 Å². The number of amides is 3. The zero-order valence-corrected chi connectivity index (χ0v) is 18.3. The fraction of sp³-hybridized carbons (Fsp3) is 0.318. The maximum Gasteiger partial charge on any atom is 0.452 e. The summed E-state index contributed by atoms with van der Waals surface area (Å²) in [7, 11) is 0. The average molecular weight is 480 g/mol. The Morgan fingerprint density at radius 2 is 1.62 bits per heavy atom. The number of hydrogen-bond acceptors (Lipinski definition) is 5. The monoisotopic (exact) mass is 480 g/mol. The lowest BCUT2D eigenvalue weighted by atomic mass is 9.99. The fourth-order valence-corrected chi connectivity index (χ4v) is 2.88. The summed E-state index contributed by atoms with van der Waals surface area (Å²) in [5.74, 6) is -6.09. The van der Waals surface area contributed by atoms with Gasteiger partial charge in [-0.2, -0.15) is 13.2 Å². The molecule has 0 spiro atoms. The van der Waals surface area contributed by atoms with Gasteiger partial charge in [-0.25, -0.2) is 0 Å². The molecular weight excluding hydrogens is 457 g/mol. The van der Waals surface area contributed by atoms with Gasteiger partial charge in [-0.05, 0) is 23.6 Å². The van der Waals surface area contributed by atoms with Crippen LogP contribution in [-0.4, -0.2) is 40.3 Å². The van der Waals surface area contributed by atoms with Crippen LogP contribution in [0.1, 0.15) is 19.4 Å². The van der Waals surface area contributed by atoms with Crippen molar-refractivity contribution in [2.45, 2.75) is 39.2 Å². The highest BCUT2D eigenvalue weighted by molar-refractivity contribution is 6.39. The molecule has 9 nitrogen and oxygen atoms in total. The second kappa shape index (κ2) is 11.3. The number of nitrogens with zero attached hydrogens (tertiary/aromatic N) is 1. The third kappa shape index (κ3) is 7.29. The summed E-state index contributed by atoms with van der Waals surface area (Å²) >= 11 is 0. The van der Waals surface area contributed by atoms with Crippen LogP contribution >= 0.6 is 0 Å². The van der Waals surface area contributed by atoms with Crippen LogP contribution in [0.4, 0.5) is 18.9 Å². The van der Waals surface area contributed by atoms with Gasteiger partial charge >= 0.3 is 18.0 Å². The number of alkyl halides is 3. The van der Waals surface area contributed by atoms with E-state index in [0.717, 1.165) is 10.1 Å². The van der Waals surface area contributed by atoms with Gasteiger partial charge < -0.3 is 20.5 Å². The van der Waals surface area contributed by atoms with Crippen molar-refractivity contribution >= 4 is 29.2 Å². The topological polar surface area (TPSA) is 126 Å². The molecule has 2 rings (SSSR count). The Morgan fingerprint density at radius 1 is 0.971 bits per heavy atom. The predicted octanol–water partition coefficient (Wildman–Crippen LogP) is 1.38. The standard InChI is InChI=1S/C22H23F3N4O5/c1-13(2)17(18(31)22(23,24)25)28-16(30)12-29-10-6-9-15(21(29)34)27-20(33)19(32)26-11-14-7-4-3-5-8-14/h3-10,13,17H,11-12H2,1-2H3,(H,26,32)(H,27,33)(H,28,30). The SMILES string of the molecule is CC(C)C(NC(=O)Cn1cccc(NC(=O)C(=O)NCc2ccccc2)c1=O)C(=O)C(F)(F)F. The Labute approximate surface area is 192 Å². The first kappa shape index (κ1) is 26.3. The summed E-state index contributed by atoms with van der Waals surface area (Å²) < 4.78 is 39.1. The number of aromatic nitrogens is 1. The number of rotatable bonds is 8. The van der Waals surface area contributed by atoms with E-state index < -0.39 is 53.7 Å². The fourth-order valence-electron chi connectivity index (χ4n) is 2.88. The quantitative estimate of drug-likeness (QED) is 0.492. The number of halogens is 3. The maximum absolute atomic E-state index is 12.8. The molecule has 0 saturated heterocycles. The number of pyridine rings is 1. The van der Waals surface area contributed by atoms with E-state index in [9.17, 15) is 37.1 Å². The van der Waals surface area contributed by atoms with E-state index in [2.05, 4.69) is 10.6 Å². The van der Waals surface area contributed by atoms with Crippen molar-refractivity contribution in [2.24, 2.45) is 5.92 Å². The number of hydrogen-bond donors (Lipinski definition) is 3. The number of ketones is 1. The molecular formula is C22H23F3N4O5. The lowest BCUT2D eigenvalue weighted by molar-refractivity contribution is -0.174. The summed E-state index contributed by atoms with van der Waals surface area (Å²) in [5, 5.41) is 6.52. The molecule has 1 heterocycles. The van der Waals surface area contributed by atoms with Gasteiger partial charge in [0, 0.05) is 12.7 Å². The van der Waals surface area contributed by atoms with Gasteiger partial charge in [-0.1, -0.05) is 44.2 Å². The first-order chi connectivity index (χ1) is 15.9. The van der Waals surface area contributed by atoms with Crippen LogP contribution in [0.3, 0.4) is 0 Å². The minimum atomic E-state index is -5.13. The van der Waals surface area contributed by atoms with Crippen LogP contribution in [0.2, 0.25) is 0 Å². The van der Waals surface area contributed by atoms with Crippen molar-refractivity contribution < 1.29 is 32.3 Å². The Balaban J connectivity index is 2.04. The Kier molecular flexibility index (Phi) is 8.70. The number of carbonyl (C=O) groups is 4. The maximum atomic E-state index is 12.8. The minimum absolute atomic E-state index is 0.0833. The van der Waals surface area contributed by atoms with Crippen LogP contribution in [0, 0.1) is 5.92 Å². The van der Waals surface area contributed by atoms with Gasteiger partial charge in [0.25, 0.3) is 11.3 Å². The molecule has 0 saturated carbocycles. The second-order valence-corrected chi connectivity index (χ2v) is 7.63. The molecule has 3 amide bonds. The third-order valence-electron chi connectivity index (χ3n) is 4.63. The number of benzene rings is 1. The zero-order valence-electron chi connectivity index (χ0n) is 18.3. The summed E-state index contributed by atoms with van der Waals surface area (Å²) in [6, 6.07) is 9.46. The van der Waals surface area contributed by atoms with Crippen molar-refractivity contribution in [1.82, 2.24) is 15.2 Å². The molecule has 0 bridgehead atoms. The molecule has 1 aromatic carbocycles. The molecule has 12 heteroatoms. The molecule has 0 aliphatic carbocycles. The van der Waals surface area contributed by atoms with E-state index in [-0.39, 0.29) is 12.2 Å². The molecule has 34 heavy (non-hydrogen) atoms. The molecule has 0 aliphatic rings. The van der Waals surface area contributed by atoms with Crippen molar-refractivity contribution in [2.75, 3.05) is 5.32 Å². The summed E-state index contributed by atoms with van der Waals surface area (Å²) in [6.45, 7) is 2.04. The van der Waals surface area contributed by atoms with Crippen molar-refractivity contribution in [3.8, 4) is 0 Å². The minimum Gasteiger partial charge on any atom is -0.344 e. The Hall–Kier alpha value is -3.96. The van der Waals surface area contributed by atoms with E-state index in [1.165, 1.54) is 32.2 Å². The predicted molar refractivity (Wildman–Crippen MR) is 115 cm³/mol. The molecule has 0 radical (unpaired) electrons. The van der Waals surface area contributed by atoms with Gasteiger partial charge in [0.1, 0.15) is 12.2 Å². The van der Waals surface area contributed by atoms with Crippen molar-refractivity contribution in [3.05, 3.63) is 64.6 Å². The van der Waals surface area contributed by atoms with Crippen LogP contribution in [0.25, 0.3) is 0 Å². The van der Waals surface area contributed by atoms with Gasteiger partial charge in [-0.15, -0.1) is 0 Å². The molecule has 1 aromatic heterocycles. The first-order valence-electron chi connectivity index (χ1n) is 10.1. The van der Waals surface area contributed by atoms with E-state index >= 15 is 0 Å². The molecule has 1 unspecified atom stereocenters. The normalized spacial score (nSPS) is 12.1. The largest absolute Gasteiger partial charge is 0.452 e. The smallest absolute Gasteiger partial charge is 0.344 e. The van der Waals surface area contributed by atoms with E-state index in [4.69, 9.17) is 0 Å². The van der Waals surface area contributed by atoms with Gasteiger partial charge in [0.05, 0.1) is 6.04 Å². The second-order valence-electron chi connectivity index (χ2n) is 7.63. The lowest BCUT2D eigenvalue weighted by Crippen LogP contribution is -2.50. The van der Waals surface area contributed by atoms with Crippen LogP contribution in [0.15, 0.2) is 53.5 Å². The molecule has 0 aliphatic heterocycles. The summed E-state index contributed by atoms with van der Waals surface area (Å²) in [5.41, 5.74) is -0.438. The van der Waals surface area contributed by atoms with Gasteiger partial charge in [0.2, 0.25) is 5.91 Å². The van der Waals surface area contributed by atoms with Crippen LogP contribution in [-0.2, 0) is 32.3 Å². The van der Waals surface area contributed by atoms with E-state index in [1.54, 1.807) is 30.3 Å². The van der Waals surface area contributed by atoms with Crippen LogP contribution < -0.4 is 21.5 Å². The summed E-state index contributed by atoms with van der Waals surface area (Å²) in [4.78, 5) is 60.4. The van der Waals surface area contributed by atoms with Gasteiger partial charge in [-0.3, -0.25) is 24.0 Å². The number of nitrogens with one attached hydrogen (secondary N) is 3. The zero-order chi connectivity index (χ0) is 25.5. The number of Topliss-reactive ketones (excluding diaryl/α,β-unsaturated/α-hetero) is 1. The Bertz CT molecular complexity index is 1110. The number of carbonyl (C=O) groups excluding carboxylic acids is 4. The van der Waals surface area contributed by atoms with Crippen molar-refractivity contribution in [3.63, 3.8) is 0 Å². The average Bonchev–Trinajstić information content (AvgIpc) is 2.77. The molecule has 1 atom stereocenters. The number of anilines is 1.